The highest BCUT2D eigenvalue weighted by Gasteiger charge is 2.30. The Morgan fingerprint density at radius 3 is 2.65 bits per heavy atom. The molecule has 7 heteroatoms. The van der Waals surface area contributed by atoms with E-state index in [0.717, 1.165) is 12.1 Å². The Morgan fingerprint density at radius 1 is 1.35 bits per heavy atom. The van der Waals surface area contributed by atoms with Gasteiger partial charge >= 0.3 is 6.18 Å². The number of nitrogens with zero attached hydrogens (tertiary/aromatic N) is 2. The first-order chi connectivity index (χ1) is 9.40. The van der Waals surface area contributed by atoms with Crippen molar-refractivity contribution in [2.45, 2.75) is 18.6 Å². The van der Waals surface area contributed by atoms with Crippen LogP contribution in [0.3, 0.4) is 0 Å². The molecule has 1 heterocycles. The first-order valence-electron chi connectivity index (χ1n) is 6.02. The first kappa shape index (κ1) is 14.5. The quantitative estimate of drug-likeness (QED) is 0.668. The molecule has 1 atom stereocenters. The van der Waals surface area contributed by atoms with E-state index < -0.39 is 11.7 Å². The van der Waals surface area contributed by atoms with Crippen LogP contribution in [0.25, 0.3) is 0 Å². The third kappa shape index (κ3) is 3.37. The summed E-state index contributed by atoms with van der Waals surface area (Å²) in [5.74, 6) is 5.46. The van der Waals surface area contributed by atoms with Gasteiger partial charge in [-0.1, -0.05) is 18.2 Å². The molecule has 0 fully saturated rings. The van der Waals surface area contributed by atoms with Crippen molar-refractivity contribution >= 4 is 0 Å². The SMILES string of the molecule is Cn1ccc(C(Cc2cccc(C(F)(F)F)c2)NN)n1. The number of benzene rings is 1. The van der Waals surface area contributed by atoms with Gasteiger partial charge in [0.15, 0.2) is 0 Å². The summed E-state index contributed by atoms with van der Waals surface area (Å²) in [6.07, 6.45) is -2.25. The van der Waals surface area contributed by atoms with Crippen LogP contribution in [-0.4, -0.2) is 9.78 Å². The zero-order valence-corrected chi connectivity index (χ0v) is 10.9. The molecule has 0 saturated heterocycles. The third-order valence-electron chi connectivity index (χ3n) is 2.99. The van der Waals surface area contributed by atoms with Crippen LogP contribution in [0.2, 0.25) is 0 Å². The number of aryl methyl sites for hydroxylation is 1. The third-order valence-corrected chi connectivity index (χ3v) is 2.99. The summed E-state index contributed by atoms with van der Waals surface area (Å²) in [4.78, 5) is 0. The van der Waals surface area contributed by atoms with Crippen molar-refractivity contribution in [3.63, 3.8) is 0 Å². The van der Waals surface area contributed by atoms with Gasteiger partial charge in [0.25, 0.3) is 0 Å². The van der Waals surface area contributed by atoms with Crippen LogP contribution in [0, 0.1) is 0 Å². The number of nitrogens with one attached hydrogen (secondary N) is 1. The minimum atomic E-state index is -4.34. The Bertz CT molecular complexity index is 577. The minimum absolute atomic E-state index is 0.331. The lowest BCUT2D eigenvalue weighted by Gasteiger charge is -2.15. The standard InChI is InChI=1S/C13H15F3N4/c1-20-6-5-11(19-20)12(18-17)8-9-3-2-4-10(7-9)13(14,15)16/h2-7,12,18H,8,17H2,1H3. The van der Waals surface area contributed by atoms with Gasteiger partial charge in [0.2, 0.25) is 0 Å². The fraction of sp³-hybridized carbons (Fsp3) is 0.308. The molecular weight excluding hydrogens is 269 g/mol. The fourth-order valence-corrected chi connectivity index (χ4v) is 1.98. The second-order valence-electron chi connectivity index (χ2n) is 4.54. The Kier molecular flexibility index (Phi) is 4.10. The van der Waals surface area contributed by atoms with Gasteiger partial charge in [0.05, 0.1) is 17.3 Å². The average Bonchev–Trinajstić information content (AvgIpc) is 2.82. The van der Waals surface area contributed by atoms with E-state index in [1.165, 1.54) is 6.07 Å². The highest BCUT2D eigenvalue weighted by molar-refractivity contribution is 5.27. The maximum Gasteiger partial charge on any atom is 0.416 e. The Hall–Kier alpha value is -1.86. The number of hydrogen-bond acceptors (Lipinski definition) is 3. The van der Waals surface area contributed by atoms with Crippen molar-refractivity contribution in [1.82, 2.24) is 15.2 Å². The summed E-state index contributed by atoms with van der Waals surface area (Å²) in [5.41, 5.74) is 3.16. The predicted molar refractivity (Wildman–Crippen MR) is 68.4 cm³/mol. The molecule has 3 N–H and O–H groups in total. The number of rotatable bonds is 4. The average molecular weight is 284 g/mol. The highest BCUT2D eigenvalue weighted by Crippen LogP contribution is 2.30. The zero-order chi connectivity index (χ0) is 14.8. The van der Waals surface area contributed by atoms with Crippen molar-refractivity contribution in [3.05, 3.63) is 53.3 Å². The molecule has 0 amide bonds. The van der Waals surface area contributed by atoms with Gasteiger partial charge in [0.1, 0.15) is 0 Å². The monoisotopic (exact) mass is 284 g/mol. The lowest BCUT2D eigenvalue weighted by molar-refractivity contribution is -0.137. The molecule has 20 heavy (non-hydrogen) atoms. The molecule has 4 nitrogen and oxygen atoms in total. The van der Waals surface area contributed by atoms with E-state index in [1.807, 2.05) is 0 Å². The molecular formula is C13H15F3N4. The molecule has 1 aromatic heterocycles. The molecule has 0 saturated carbocycles. The summed E-state index contributed by atoms with van der Waals surface area (Å²) in [6, 6.07) is 6.66. The van der Waals surface area contributed by atoms with E-state index in [-0.39, 0.29) is 6.04 Å². The molecule has 108 valence electrons. The van der Waals surface area contributed by atoms with Crippen LogP contribution >= 0.6 is 0 Å². The van der Waals surface area contributed by atoms with E-state index in [1.54, 1.807) is 30.1 Å². The number of nitrogens with two attached hydrogens (primary N) is 1. The summed E-state index contributed by atoms with van der Waals surface area (Å²) < 4.78 is 39.6. The van der Waals surface area contributed by atoms with Crippen LogP contribution in [0.1, 0.15) is 22.9 Å². The van der Waals surface area contributed by atoms with Gasteiger partial charge in [-0.05, 0) is 24.1 Å². The Balaban J connectivity index is 2.20. The molecule has 0 aliphatic heterocycles. The van der Waals surface area contributed by atoms with Crippen LogP contribution in [0.5, 0.6) is 0 Å². The lowest BCUT2D eigenvalue weighted by Crippen LogP contribution is -2.30. The molecule has 0 bridgehead atoms. The van der Waals surface area contributed by atoms with Gasteiger partial charge < -0.3 is 0 Å². The lowest BCUT2D eigenvalue weighted by atomic mass is 10.0. The first-order valence-corrected chi connectivity index (χ1v) is 6.02. The van der Waals surface area contributed by atoms with E-state index in [2.05, 4.69) is 10.5 Å². The number of alkyl halides is 3. The predicted octanol–water partition coefficient (Wildman–Crippen LogP) is 2.19. The molecule has 0 radical (unpaired) electrons. The largest absolute Gasteiger partial charge is 0.416 e. The van der Waals surface area contributed by atoms with Gasteiger partial charge in [0, 0.05) is 13.2 Å². The van der Waals surface area contributed by atoms with Crippen LogP contribution in [-0.2, 0) is 19.6 Å². The summed E-state index contributed by atoms with van der Waals surface area (Å²) in [5, 5.41) is 4.20. The number of hydrazine groups is 1. The van der Waals surface area contributed by atoms with Crippen molar-refractivity contribution < 1.29 is 13.2 Å². The van der Waals surface area contributed by atoms with Gasteiger partial charge in [-0.25, -0.2) is 0 Å². The van der Waals surface area contributed by atoms with E-state index >= 15 is 0 Å². The number of halogens is 3. The van der Waals surface area contributed by atoms with E-state index in [4.69, 9.17) is 5.84 Å². The smallest absolute Gasteiger partial charge is 0.275 e. The Morgan fingerprint density at radius 2 is 2.10 bits per heavy atom. The molecule has 1 unspecified atom stereocenters. The number of hydrogen-bond donors (Lipinski definition) is 2. The maximum atomic E-state index is 12.7. The Labute approximate surface area is 114 Å². The fourth-order valence-electron chi connectivity index (χ4n) is 1.98. The summed E-state index contributed by atoms with van der Waals surface area (Å²) in [6.45, 7) is 0. The van der Waals surface area contributed by atoms with Gasteiger partial charge in [-0.3, -0.25) is 16.0 Å². The molecule has 2 rings (SSSR count). The van der Waals surface area contributed by atoms with Crippen LogP contribution in [0.4, 0.5) is 13.2 Å². The molecule has 0 aliphatic rings. The normalized spacial score (nSPS) is 13.4. The van der Waals surface area contributed by atoms with Gasteiger partial charge in [-0.15, -0.1) is 0 Å². The minimum Gasteiger partial charge on any atom is -0.275 e. The maximum absolute atomic E-state index is 12.7. The van der Waals surface area contributed by atoms with E-state index in [0.29, 0.717) is 17.7 Å². The topological polar surface area (TPSA) is 55.9 Å². The van der Waals surface area contributed by atoms with Crippen molar-refractivity contribution in [2.24, 2.45) is 12.9 Å². The van der Waals surface area contributed by atoms with E-state index in [9.17, 15) is 13.2 Å². The molecule has 0 spiro atoms. The molecule has 1 aromatic carbocycles. The number of aromatic nitrogens is 2. The molecule has 0 aliphatic carbocycles. The summed E-state index contributed by atoms with van der Waals surface area (Å²) in [7, 11) is 1.77. The highest BCUT2D eigenvalue weighted by atomic mass is 19.4. The van der Waals surface area contributed by atoms with Crippen molar-refractivity contribution in [1.29, 1.82) is 0 Å². The second kappa shape index (κ2) is 5.64. The van der Waals surface area contributed by atoms with Crippen molar-refractivity contribution in [2.75, 3.05) is 0 Å². The second-order valence-corrected chi connectivity index (χ2v) is 4.54. The van der Waals surface area contributed by atoms with Crippen LogP contribution < -0.4 is 11.3 Å². The zero-order valence-electron chi connectivity index (χ0n) is 10.9. The van der Waals surface area contributed by atoms with Crippen molar-refractivity contribution in [3.8, 4) is 0 Å². The molecule has 2 aromatic rings. The van der Waals surface area contributed by atoms with Crippen LogP contribution in [0.15, 0.2) is 36.5 Å². The van der Waals surface area contributed by atoms with Gasteiger partial charge in [-0.2, -0.15) is 18.3 Å². The summed E-state index contributed by atoms with van der Waals surface area (Å²) >= 11 is 0.